The van der Waals surface area contributed by atoms with Gasteiger partial charge in [0.25, 0.3) is 5.91 Å². The summed E-state index contributed by atoms with van der Waals surface area (Å²) in [5.41, 5.74) is 0.637. The molecule has 0 spiro atoms. The number of hydrogen-bond donors (Lipinski definition) is 2. The first-order valence-corrected chi connectivity index (χ1v) is 10.6. The summed E-state index contributed by atoms with van der Waals surface area (Å²) < 4.78 is 30.3. The number of halogens is 3. The molecule has 0 unspecified atom stereocenters. The number of benzene rings is 2. The highest BCUT2D eigenvalue weighted by Crippen LogP contribution is 2.39. The van der Waals surface area contributed by atoms with Crippen molar-refractivity contribution in [1.29, 1.82) is 0 Å². The summed E-state index contributed by atoms with van der Waals surface area (Å²) in [5, 5.41) is 5.87. The van der Waals surface area contributed by atoms with Gasteiger partial charge in [0.05, 0.1) is 12.1 Å². The topological polar surface area (TPSA) is 84.5 Å². The zero-order valence-corrected chi connectivity index (χ0v) is 18.2. The molecule has 0 aromatic heterocycles. The SMILES string of the molecule is COC(=O)CNC=O.O=C(Nc1ccc(F)c(F)c1)c1ccc(Cl)c(SC2CCC2)c1. The zero-order valence-electron chi connectivity index (χ0n) is 16.6. The van der Waals surface area contributed by atoms with E-state index >= 15 is 0 Å². The standard InChI is InChI=1S/C17H14ClF2NOS.C4H7NO3/c18-13-6-4-10(8-16(13)23-12-2-1-3-12)17(22)21-11-5-7-14(19)15(20)9-11;1-8-4(7)2-5-3-6/h4-9,12H,1-3H2,(H,21,22);3H,2H2,1H3,(H,5,6). The van der Waals surface area contributed by atoms with E-state index in [2.05, 4.69) is 15.4 Å². The minimum atomic E-state index is -1.000. The largest absolute Gasteiger partial charge is 0.468 e. The summed E-state index contributed by atoms with van der Waals surface area (Å²) in [7, 11) is 1.26. The van der Waals surface area contributed by atoms with Gasteiger partial charge < -0.3 is 15.4 Å². The Morgan fingerprint density at radius 2 is 1.94 bits per heavy atom. The first kappa shape index (κ1) is 24.6. The molecule has 1 aliphatic carbocycles. The van der Waals surface area contributed by atoms with Gasteiger partial charge >= 0.3 is 5.97 Å². The first-order valence-electron chi connectivity index (χ1n) is 9.30. The second kappa shape index (κ2) is 12.3. The van der Waals surface area contributed by atoms with Crippen molar-refractivity contribution in [2.75, 3.05) is 19.0 Å². The molecule has 0 heterocycles. The van der Waals surface area contributed by atoms with Crippen LogP contribution in [0.5, 0.6) is 0 Å². The monoisotopic (exact) mass is 470 g/mol. The molecule has 0 bridgehead atoms. The lowest BCUT2D eigenvalue weighted by atomic mass is 10.00. The molecule has 2 amide bonds. The van der Waals surface area contributed by atoms with Crippen LogP contribution in [0.2, 0.25) is 5.02 Å². The summed E-state index contributed by atoms with van der Waals surface area (Å²) in [4.78, 5) is 32.8. The Morgan fingerprint density at radius 3 is 2.52 bits per heavy atom. The Balaban J connectivity index is 0.000000366. The molecule has 1 aliphatic rings. The van der Waals surface area contributed by atoms with Crippen molar-refractivity contribution in [1.82, 2.24) is 5.32 Å². The third-order valence-corrected chi connectivity index (χ3v) is 6.11. The molecule has 10 heteroatoms. The van der Waals surface area contributed by atoms with Gasteiger partial charge in [0, 0.05) is 27.5 Å². The van der Waals surface area contributed by atoms with Crippen molar-refractivity contribution < 1.29 is 27.9 Å². The van der Waals surface area contributed by atoms with Gasteiger partial charge in [0.2, 0.25) is 6.41 Å². The molecule has 0 saturated heterocycles. The second-order valence-corrected chi connectivity index (χ2v) is 8.22. The third-order valence-electron chi connectivity index (χ3n) is 4.27. The predicted molar refractivity (Wildman–Crippen MR) is 115 cm³/mol. The number of rotatable bonds is 7. The van der Waals surface area contributed by atoms with E-state index in [0.29, 0.717) is 22.2 Å². The van der Waals surface area contributed by atoms with E-state index in [1.54, 1.807) is 30.0 Å². The van der Waals surface area contributed by atoms with Crippen LogP contribution < -0.4 is 10.6 Å². The average Bonchev–Trinajstić information content (AvgIpc) is 2.73. The number of esters is 1. The number of hydrogen-bond acceptors (Lipinski definition) is 5. The number of carbonyl (C=O) groups excluding carboxylic acids is 3. The maximum Gasteiger partial charge on any atom is 0.325 e. The van der Waals surface area contributed by atoms with Crippen molar-refractivity contribution in [3.05, 3.63) is 58.6 Å². The molecule has 2 aromatic carbocycles. The van der Waals surface area contributed by atoms with Crippen molar-refractivity contribution in [3.8, 4) is 0 Å². The van der Waals surface area contributed by atoms with Crippen LogP contribution in [0, 0.1) is 11.6 Å². The summed E-state index contributed by atoms with van der Waals surface area (Å²) in [5.74, 6) is -2.78. The van der Waals surface area contributed by atoms with Crippen LogP contribution >= 0.6 is 23.4 Å². The van der Waals surface area contributed by atoms with Gasteiger partial charge in [-0.1, -0.05) is 18.0 Å². The smallest absolute Gasteiger partial charge is 0.325 e. The van der Waals surface area contributed by atoms with Crippen molar-refractivity contribution in [3.63, 3.8) is 0 Å². The molecule has 0 radical (unpaired) electrons. The zero-order chi connectivity index (χ0) is 22.8. The van der Waals surface area contributed by atoms with Crippen LogP contribution in [0.1, 0.15) is 29.6 Å². The van der Waals surface area contributed by atoms with E-state index in [1.165, 1.54) is 19.6 Å². The minimum Gasteiger partial charge on any atom is -0.468 e. The van der Waals surface area contributed by atoms with E-state index in [9.17, 15) is 23.2 Å². The lowest BCUT2D eigenvalue weighted by Crippen LogP contribution is -2.21. The van der Waals surface area contributed by atoms with Crippen LogP contribution in [-0.4, -0.2) is 37.2 Å². The van der Waals surface area contributed by atoms with Gasteiger partial charge in [-0.15, -0.1) is 11.8 Å². The van der Waals surface area contributed by atoms with E-state index in [0.717, 1.165) is 29.9 Å². The highest BCUT2D eigenvalue weighted by atomic mass is 35.5. The molecule has 166 valence electrons. The van der Waals surface area contributed by atoms with Crippen LogP contribution in [0.15, 0.2) is 41.3 Å². The maximum atomic E-state index is 13.2. The van der Waals surface area contributed by atoms with Crippen molar-refractivity contribution in [2.24, 2.45) is 0 Å². The van der Waals surface area contributed by atoms with Gasteiger partial charge in [0.15, 0.2) is 11.6 Å². The quantitative estimate of drug-likeness (QED) is 0.462. The molecule has 2 N–H and O–H groups in total. The van der Waals surface area contributed by atoms with Crippen molar-refractivity contribution >= 4 is 47.3 Å². The Bertz CT molecular complexity index is 942. The highest BCUT2D eigenvalue weighted by molar-refractivity contribution is 8.00. The Kier molecular flexibility index (Phi) is 9.74. The van der Waals surface area contributed by atoms with E-state index in [1.807, 2.05) is 0 Å². The summed E-state index contributed by atoms with van der Waals surface area (Å²) >= 11 is 7.86. The lowest BCUT2D eigenvalue weighted by Gasteiger charge is -2.25. The van der Waals surface area contributed by atoms with E-state index in [-0.39, 0.29) is 18.1 Å². The molecule has 1 saturated carbocycles. The Morgan fingerprint density at radius 1 is 1.19 bits per heavy atom. The van der Waals surface area contributed by atoms with Crippen LogP contribution in [0.25, 0.3) is 0 Å². The predicted octanol–water partition coefficient (Wildman–Crippen LogP) is 4.42. The average molecular weight is 471 g/mol. The first-order chi connectivity index (χ1) is 14.8. The number of anilines is 1. The number of carbonyl (C=O) groups is 3. The molecular weight excluding hydrogens is 450 g/mol. The molecule has 31 heavy (non-hydrogen) atoms. The molecule has 2 aromatic rings. The maximum absolute atomic E-state index is 13.2. The summed E-state index contributed by atoms with van der Waals surface area (Å²) in [6.07, 6.45) is 3.99. The highest BCUT2D eigenvalue weighted by Gasteiger charge is 2.20. The van der Waals surface area contributed by atoms with Crippen LogP contribution in [-0.2, 0) is 14.3 Å². The molecule has 6 nitrogen and oxygen atoms in total. The molecular formula is C21H21ClF2N2O4S. The summed E-state index contributed by atoms with van der Waals surface area (Å²) in [6, 6.07) is 8.28. The fourth-order valence-corrected chi connectivity index (χ4v) is 3.93. The van der Waals surface area contributed by atoms with Gasteiger partial charge in [-0.25, -0.2) is 8.78 Å². The molecule has 1 fully saturated rings. The van der Waals surface area contributed by atoms with Crippen LogP contribution in [0.4, 0.5) is 14.5 Å². The van der Waals surface area contributed by atoms with Gasteiger partial charge in [-0.05, 0) is 43.2 Å². The normalized spacial score (nSPS) is 12.6. The third kappa shape index (κ3) is 7.84. The van der Waals surface area contributed by atoms with Crippen LogP contribution in [0.3, 0.4) is 0 Å². The Hall–Kier alpha value is -2.65. The number of amides is 2. The second-order valence-electron chi connectivity index (χ2n) is 6.47. The number of thioether (sulfide) groups is 1. The number of ether oxygens (including phenoxy) is 1. The minimum absolute atomic E-state index is 0.0556. The van der Waals surface area contributed by atoms with Crippen molar-refractivity contribution in [2.45, 2.75) is 29.4 Å². The fraction of sp³-hybridized carbons (Fsp3) is 0.286. The number of methoxy groups -OCH3 is 1. The molecule has 0 aliphatic heterocycles. The van der Waals surface area contributed by atoms with Gasteiger partial charge in [-0.2, -0.15) is 0 Å². The van der Waals surface area contributed by atoms with Gasteiger partial charge in [-0.3, -0.25) is 14.4 Å². The van der Waals surface area contributed by atoms with Gasteiger partial charge in [0.1, 0.15) is 6.54 Å². The van der Waals surface area contributed by atoms with E-state index < -0.39 is 17.6 Å². The lowest BCUT2D eigenvalue weighted by molar-refractivity contribution is -0.140. The summed E-state index contributed by atoms with van der Waals surface area (Å²) in [6.45, 7) is -0.0556. The number of nitrogens with one attached hydrogen (secondary N) is 2. The molecule has 3 rings (SSSR count). The fourth-order valence-electron chi connectivity index (χ4n) is 2.38. The van der Waals surface area contributed by atoms with E-state index in [4.69, 9.17) is 11.6 Å². The Labute approximate surface area is 187 Å². The molecule has 0 atom stereocenters.